The van der Waals surface area contributed by atoms with Crippen LogP contribution in [0.3, 0.4) is 0 Å². The van der Waals surface area contributed by atoms with Crippen LogP contribution in [0.1, 0.15) is 21.5 Å². The second-order valence-electron chi connectivity index (χ2n) is 4.13. The molecule has 2 rings (SSSR count). The molecule has 2 nitrogen and oxygen atoms in total. The van der Waals surface area contributed by atoms with Gasteiger partial charge >= 0.3 is 5.97 Å². The topological polar surface area (TPSA) is 37.3 Å². The van der Waals surface area contributed by atoms with Crippen molar-refractivity contribution >= 4 is 17.7 Å². The highest BCUT2D eigenvalue weighted by Gasteiger charge is 2.15. The minimum Gasteiger partial charge on any atom is -0.478 e. The van der Waals surface area contributed by atoms with Crippen molar-refractivity contribution in [2.24, 2.45) is 0 Å². The molecule has 19 heavy (non-hydrogen) atoms. The number of carbonyl (C=O) groups is 1. The van der Waals surface area contributed by atoms with Gasteiger partial charge in [0.1, 0.15) is 11.4 Å². The molecule has 98 valence electrons. The Hall–Kier alpha value is -1.81. The second kappa shape index (κ2) is 5.89. The van der Waals surface area contributed by atoms with E-state index < -0.39 is 11.8 Å². The summed E-state index contributed by atoms with van der Waals surface area (Å²) in [5.74, 6) is -1.30. The summed E-state index contributed by atoms with van der Waals surface area (Å²) in [5, 5.41) is 9.04. The monoisotopic (exact) mass is 276 g/mol. The van der Waals surface area contributed by atoms with Crippen LogP contribution in [0.25, 0.3) is 0 Å². The molecule has 0 unspecified atom stereocenters. The molecule has 1 N–H and O–H groups in total. The number of hydrogen-bond acceptors (Lipinski definition) is 2. The SMILES string of the molecule is Cc1ccccc1CSc1cccc(F)c1C(=O)O. The first-order valence-electron chi connectivity index (χ1n) is 5.78. The average Bonchev–Trinajstić information content (AvgIpc) is 2.37. The summed E-state index contributed by atoms with van der Waals surface area (Å²) in [7, 11) is 0. The lowest BCUT2D eigenvalue weighted by molar-refractivity contribution is 0.0688. The fourth-order valence-corrected chi connectivity index (χ4v) is 2.90. The van der Waals surface area contributed by atoms with E-state index in [1.54, 1.807) is 6.07 Å². The molecule has 0 atom stereocenters. The van der Waals surface area contributed by atoms with Gasteiger partial charge in [0.25, 0.3) is 0 Å². The van der Waals surface area contributed by atoms with Crippen LogP contribution in [0.5, 0.6) is 0 Å². The van der Waals surface area contributed by atoms with Crippen molar-refractivity contribution < 1.29 is 14.3 Å². The van der Waals surface area contributed by atoms with E-state index in [4.69, 9.17) is 5.11 Å². The summed E-state index contributed by atoms with van der Waals surface area (Å²) in [5.41, 5.74) is 2.01. The minimum absolute atomic E-state index is 0.249. The third kappa shape index (κ3) is 3.15. The number of rotatable bonds is 4. The molecule has 0 spiro atoms. The molecule has 0 radical (unpaired) electrons. The van der Waals surface area contributed by atoms with Crippen LogP contribution >= 0.6 is 11.8 Å². The molecular weight excluding hydrogens is 263 g/mol. The Labute approximate surface area is 115 Å². The molecule has 0 heterocycles. The van der Waals surface area contributed by atoms with Crippen LogP contribution in [-0.2, 0) is 5.75 Å². The molecule has 0 aliphatic carbocycles. The van der Waals surface area contributed by atoms with Gasteiger partial charge in [0.2, 0.25) is 0 Å². The summed E-state index contributed by atoms with van der Waals surface area (Å²) in [6.45, 7) is 2.00. The molecule has 0 aliphatic heterocycles. The van der Waals surface area contributed by atoms with E-state index >= 15 is 0 Å². The van der Waals surface area contributed by atoms with Crippen molar-refractivity contribution in [3.8, 4) is 0 Å². The zero-order valence-corrected chi connectivity index (χ0v) is 11.2. The van der Waals surface area contributed by atoms with Crippen LogP contribution in [0.2, 0.25) is 0 Å². The van der Waals surface area contributed by atoms with Gasteiger partial charge in [0.15, 0.2) is 0 Å². The predicted octanol–water partition coefficient (Wildman–Crippen LogP) is 4.12. The molecule has 0 aliphatic rings. The van der Waals surface area contributed by atoms with Crippen LogP contribution in [0.4, 0.5) is 4.39 Å². The average molecular weight is 276 g/mol. The van der Waals surface area contributed by atoms with Crippen LogP contribution in [0, 0.1) is 12.7 Å². The summed E-state index contributed by atoms with van der Waals surface area (Å²) in [4.78, 5) is 11.5. The van der Waals surface area contributed by atoms with Gasteiger partial charge in [-0.05, 0) is 30.2 Å². The number of hydrogen-bond donors (Lipinski definition) is 1. The Morgan fingerprint density at radius 3 is 2.63 bits per heavy atom. The van der Waals surface area contributed by atoms with Gasteiger partial charge in [-0.1, -0.05) is 30.3 Å². The second-order valence-corrected chi connectivity index (χ2v) is 5.15. The summed E-state index contributed by atoms with van der Waals surface area (Å²) in [6, 6.07) is 12.2. The number of thioether (sulfide) groups is 1. The van der Waals surface area contributed by atoms with Crippen molar-refractivity contribution in [2.45, 2.75) is 17.6 Å². The Morgan fingerprint density at radius 1 is 1.21 bits per heavy atom. The fourth-order valence-electron chi connectivity index (χ4n) is 1.76. The Kier molecular flexibility index (Phi) is 4.22. The van der Waals surface area contributed by atoms with Gasteiger partial charge in [-0.3, -0.25) is 0 Å². The molecule has 2 aromatic carbocycles. The van der Waals surface area contributed by atoms with Crippen LogP contribution < -0.4 is 0 Å². The lowest BCUT2D eigenvalue weighted by Crippen LogP contribution is -2.02. The van der Waals surface area contributed by atoms with E-state index in [0.29, 0.717) is 10.6 Å². The maximum Gasteiger partial charge on any atom is 0.339 e. The Morgan fingerprint density at radius 2 is 1.95 bits per heavy atom. The van der Waals surface area contributed by atoms with E-state index in [9.17, 15) is 9.18 Å². The Bertz CT molecular complexity index is 611. The summed E-state index contributed by atoms with van der Waals surface area (Å²) < 4.78 is 13.5. The highest BCUT2D eigenvalue weighted by molar-refractivity contribution is 7.98. The van der Waals surface area contributed by atoms with Crippen molar-refractivity contribution in [3.05, 3.63) is 65.0 Å². The van der Waals surface area contributed by atoms with Gasteiger partial charge in [-0.2, -0.15) is 0 Å². The third-order valence-corrected chi connectivity index (χ3v) is 3.94. The zero-order valence-electron chi connectivity index (χ0n) is 10.4. The van der Waals surface area contributed by atoms with Gasteiger partial charge in [-0.15, -0.1) is 11.8 Å². The van der Waals surface area contributed by atoms with Gasteiger partial charge in [0.05, 0.1) is 0 Å². The van der Waals surface area contributed by atoms with Crippen molar-refractivity contribution in [1.82, 2.24) is 0 Å². The van der Waals surface area contributed by atoms with Crippen molar-refractivity contribution in [3.63, 3.8) is 0 Å². The first kappa shape index (κ1) is 13.6. The van der Waals surface area contributed by atoms with Gasteiger partial charge < -0.3 is 5.11 Å². The quantitative estimate of drug-likeness (QED) is 0.853. The first-order valence-corrected chi connectivity index (χ1v) is 6.77. The van der Waals surface area contributed by atoms with Gasteiger partial charge in [-0.25, -0.2) is 9.18 Å². The maximum absolute atomic E-state index is 13.5. The molecule has 4 heteroatoms. The fraction of sp³-hybridized carbons (Fsp3) is 0.133. The van der Waals surface area contributed by atoms with Gasteiger partial charge in [0, 0.05) is 10.6 Å². The Balaban J connectivity index is 2.23. The molecular formula is C15H13FO2S. The number of aromatic carboxylic acids is 1. The number of benzene rings is 2. The lowest BCUT2D eigenvalue weighted by atomic mass is 10.1. The molecule has 0 saturated carbocycles. The number of halogens is 1. The van der Waals surface area contributed by atoms with E-state index in [0.717, 1.165) is 11.1 Å². The largest absolute Gasteiger partial charge is 0.478 e. The van der Waals surface area contributed by atoms with Crippen LogP contribution in [-0.4, -0.2) is 11.1 Å². The maximum atomic E-state index is 13.5. The van der Waals surface area contributed by atoms with E-state index in [1.807, 2.05) is 31.2 Å². The minimum atomic E-state index is -1.23. The zero-order chi connectivity index (χ0) is 13.8. The third-order valence-electron chi connectivity index (χ3n) is 2.83. The molecule has 0 saturated heterocycles. The molecule has 0 amide bonds. The highest BCUT2D eigenvalue weighted by atomic mass is 32.2. The summed E-state index contributed by atoms with van der Waals surface area (Å²) in [6.07, 6.45) is 0. The highest BCUT2D eigenvalue weighted by Crippen LogP contribution is 2.28. The van der Waals surface area contributed by atoms with Crippen molar-refractivity contribution in [2.75, 3.05) is 0 Å². The normalized spacial score (nSPS) is 10.4. The van der Waals surface area contributed by atoms with Crippen molar-refractivity contribution in [1.29, 1.82) is 0 Å². The standard InChI is InChI=1S/C15H13FO2S/c1-10-5-2-3-6-11(10)9-19-13-8-4-7-12(16)14(13)15(17)18/h2-8H,9H2,1H3,(H,17,18). The first-order chi connectivity index (χ1) is 9.09. The summed E-state index contributed by atoms with van der Waals surface area (Å²) >= 11 is 1.34. The number of carboxylic acids is 1. The number of carboxylic acid groups (broad SMARTS) is 1. The number of aryl methyl sites for hydroxylation is 1. The van der Waals surface area contributed by atoms with E-state index in [-0.39, 0.29) is 5.56 Å². The molecule has 0 aromatic heterocycles. The molecule has 2 aromatic rings. The van der Waals surface area contributed by atoms with E-state index in [1.165, 1.54) is 23.9 Å². The predicted molar refractivity (Wildman–Crippen MR) is 74.1 cm³/mol. The molecule has 0 bridgehead atoms. The molecule has 0 fully saturated rings. The smallest absolute Gasteiger partial charge is 0.339 e. The van der Waals surface area contributed by atoms with E-state index in [2.05, 4.69) is 0 Å². The van der Waals surface area contributed by atoms with Crippen LogP contribution in [0.15, 0.2) is 47.4 Å². The lowest BCUT2D eigenvalue weighted by Gasteiger charge is -2.08.